The molecule has 0 bridgehead atoms. The molecule has 1 aliphatic rings. The van der Waals surface area contributed by atoms with Gasteiger partial charge < -0.3 is 5.73 Å². The zero-order valence-electron chi connectivity index (χ0n) is 11.1. The van der Waals surface area contributed by atoms with Gasteiger partial charge in [-0.1, -0.05) is 53.4 Å². The second kappa shape index (κ2) is 4.86. The SMILES string of the molecule is CCCC(C)CC1(N)CCCCC1(C)C. The third kappa shape index (κ3) is 2.96. The molecule has 0 aromatic heterocycles. The highest BCUT2D eigenvalue weighted by atomic mass is 14.8. The predicted octanol–water partition coefficient (Wildman–Crippen LogP) is 4.11. The molecule has 1 heteroatoms. The normalized spacial score (nSPS) is 32.6. The van der Waals surface area contributed by atoms with Gasteiger partial charge in [0.15, 0.2) is 0 Å². The molecule has 0 heterocycles. The topological polar surface area (TPSA) is 26.0 Å². The molecule has 2 N–H and O–H groups in total. The lowest BCUT2D eigenvalue weighted by Crippen LogP contribution is -2.55. The maximum Gasteiger partial charge on any atom is 0.0208 e. The van der Waals surface area contributed by atoms with E-state index in [4.69, 9.17) is 5.73 Å². The number of nitrogens with two attached hydrogens (primary N) is 1. The summed E-state index contributed by atoms with van der Waals surface area (Å²) in [4.78, 5) is 0. The van der Waals surface area contributed by atoms with Crippen molar-refractivity contribution < 1.29 is 0 Å². The molecule has 0 amide bonds. The molecule has 1 rings (SSSR count). The van der Waals surface area contributed by atoms with Crippen LogP contribution in [0.15, 0.2) is 0 Å². The summed E-state index contributed by atoms with van der Waals surface area (Å²) >= 11 is 0. The van der Waals surface area contributed by atoms with Crippen LogP contribution in [0.3, 0.4) is 0 Å². The van der Waals surface area contributed by atoms with E-state index in [9.17, 15) is 0 Å². The molecule has 1 saturated carbocycles. The minimum atomic E-state index is 0.0971. The van der Waals surface area contributed by atoms with Crippen molar-refractivity contribution in [1.82, 2.24) is 0 Å². The Kier molecular flexibility index (Phi) is 4.22. The first kappa shape index (κ1) is 13.0. The molecule has 0 aromatic carbocycles. The Labute approximate surface area is 95.8 Å². The molecular weight excluding hydrogens is 182 g/mol. The van der Waals surface area contributed by atoms with Crippen molar-refractivity contribution in [2.45, 2.75) is 78.2 Å². The van der Waals surface area contributed by atoms with Crippen LogP contribution in [0.4, 0.5) is 0 Å². The summed E-state index contributed by atoms with van der Waals surface area (Å²) in [5.74, 6) is 0.789. The van der Waals surface area contributed by atoms with E-state index in [0.29, 0.717) is 5.41 Å². The molecular formula is C14H29N. The van der Waals surface area contributed by atoms with Gasteiger partial charge >= 0.3 is 0 Å². The molecule has 1 aliphatic carbocycles. The highest BCUT2D eigenvalue weighted by Gasteiger charge is 2.43. The van der Waals surface area contributed by atoms with E-state index in [0.717, 1.165) is 5.92 Å². The summed E-state index contributed by atoms with van der Waals surface area (Å²) in [5, 5.41) is 0. The molecule has 0 aromatic rings. The largest absolute Gasteiger partial charge is 0.325 e. The maximum absolute atomic E-state index is 6.67. The highest BCUT2D eigenvalue weighted by Crippen LogP contribution is 2.45. The van der Waals surface area contributed by atoms with Crippen LogP contribution in [0, 0.1) is 11.3 Å². The molecule has 90 valence electrons. The van der Waals surface area contributed by atoms with Crippen LogP contribution in [-0.4, -0.2) is 5.54 Å². The lowest BCUT2D eigenvalue weighted by Gasteiger charge is -2.49. The Morgan fingerprint density at radius 1 is 1.20 bits per heavy atom. The molecule has 2 atom stereocenters. The smallest absolute Gasteiger partial charge is 0.0208 e. The number of rotatable bonds is 4. The fourth-order valence-electron chi connectivity index (χ4n) is 3.19. The zero-order chi connectivity index (χ0) is 11.5. The zero-order valence-corrected chi connectivity index (χ0v) is 11.1. The lowest BCUT2D eigenvalue weighted by atomic mass is 9.60. The van der Waals surface area contributed by atoms with Crippen LogP contribution in [-0.2, 0) is 0 Å². The summed E-state index contributed by atoms with van der Waals surface area (Å²) in [6.07, 6.45) is 9.07. The second-order valence-electron chi connectivity index (χ2n) is 6.35. The Morgan fingerprint density at radius 3 is 2.33 bits per heavy atom. The molecule has 2 unspecified atom stereocenters. The lowest BCUT2D eigenvalue weighted by molar-refractivity contribution is 0.0752. The van der Waals surface area contributed by atoms with Crippen molar-refractivity contribution in [3.63, 3.8) is 0 Å². The first-order chi connectivity index (χ1) is 6.91. The highest BCUT2D eigenvalue weighted by molar-refractivity contribution is 5.00. The molecule has 0 spiro atoms. The second-order valence-corrected chi connectivity index (χ2v) is 6.35. The Morgan fingerprint density at radius 2 is 1.80 bits per heavy atom. The van der Waals surface area contributed by atoms with Gasteiger partial charge in [-0.05, 0) is 30.6 Å². The third-order valence-electron chi connectivity index (χ3n) is 4.52. The van der Waals surface area contributed by atoms with E-state index >= 15 is 0 Å². The van der Waals surface area contributed by atoms with Gasteiger partial charge in [0.05, 0.1) is 0 Å². The molecule has 1 nitrogen and oxygen atoms in total. The summed E-state index contributed by atoms with van der Waals surface area (Å²) in [6, 6.07) is 0. The van der Waals surface area contributed by atoms with Crippen molar-refractivity contribution in [1.29, 1.82) is 0 Å². The van der Waals surface area contributed by atoms with Gasteiger partial charge in [-0.15, -0.1) is 0 Å². The Balaban J connectivity index is 2.62. The van der Waals surface area contributed by atoms with Crippen LogP contribution in [0.25, 0.3) is 0 Å². The summed E-state index contributed by atoms with van der Waals surface area (Å²) in [6.45, 7) is 9.37. The summed E-state index contributed by atoms with van der Waals surface area (Å²) < 4.78 is 0. The van der Waals surface area contributed by atoms with E-state index < -0.39 is 0 Å². The molecule has 0 aliphatic heterocycles. The van der Waals surface area contributed by atoms with Crippen molar-refractivity contribution in [2.75, 3.05) is 0 Å². The van der Waals surface area contributed by atoms with Crippen molar-refractivity contribution in [3.05, 3.63) is 0 Å². The van der Waals surface area contributed by atoms with Gasteiger partial charge in [-0.25, -0.2) is 0 Å². The van der Waals surface area contributed by atoms with Crippen LogP contribution in [0.1, 0.15) is 72.6 Å². The van der Waals surface area contributed by atoms with E-state index in [1.54, 1.807) is 0 Å². The molecule has 0 saturated heterocycles. The fraction of sp³-hybridized carbons (Fsp3) is 1.00. The minimum absolute atomic E-state index is 0.0971. The number of hydrogen-bond acceptors (Lipinski definition) is 1. The van der Waals surface area contributed by atoms with Crippen LogP contribution >= 0.6 is 0 Å². The number of hydrogen-bond donors (Lipinski definition) is 1. The third-order valence-corrected chi connectivity index (χ3v) is 4.52. The fourth-order valence-corrected chi connectivity index (χ4v) is 3.19. The Bertz CT molecular complexity index is 198. The van der Waals surface area contributed by atoms with Crippen molar-refractivity contribution in [3.8, 4) is 0 Å². The van der Waals surface area contributed by atoms with E-state index in [1.165, 1.54) is 44.9 Å². The molecule has 0 radical (unpaired) electrons. The van der Waals surface area contributed by atoms with E-state index in [2.05, 4.69) is 27.7 Å². The van der Waals surface area contributed by atoms with Crippen LogP contribution < -0.4 is 5.73 Å². The average Bonchev–Trinajstić information content (AvgIpc) is 2.11. The summed E-state index contributed by atoms with van der Waals surface area (Å²) in [7, 11) is 0. The molecule has 15 heavy (non-hydrogen) atoms. The Hall–Kier alpha value is -0.0400. The van der Waals surface area contributed by atoms with E-state index in [1.807, 2.05) is 0 Å². The van der Waals surface area contributed by atoms with Gasteiger partial charge in [0.1, 0.15) is 0 Å². The first-order valence-corrected chi connectivity index (χ1v) is 6.70. The first-order valence-electron chi connectivity index (χ1n) is 6.70. The quantitative estimate of drug-likeness (QED) is 0.744. The standard InChI is InChI=1S/C14H29N/c1-5-8-12(2)11-14(15)10-7-6-9-13(14,3)4/h12H,5-11,15H2,1-4H3. The monoisotopic (exact) mass is 211 g/mol. The van der Waals surface area contributed by atoms with Gasteiger partial charge in [0, 0.05) is 5.54 Å². The van der Waals surface area contributed by atoms with Gasteiger partial charge in [0.25, 0.3) is 0 Å². The predicted molar refractivity (Wildman–Crippen MR) is 67.9 cm³/mol. The molecule has 1 fully saturated rings. The van der Waals surface area contributed by atoms with Crippen LogP contribution in [0.2, 0.25) is 0 Å². The van der Waals surface area contributed by atoms with Gasteiger partial charge in [0.2, 0.25) is 0 Å². The van der Waals surface area contributed by atoms with Gasteiger partial charge in [-0.2, -0.15) is 0 Å². The summed E-state index contributed by atoms with van der Waals surface area (Å²) in [5.41, 5.74) is 7.11. The van der Waals surface area contributed by atoms with Gasteiger partial charge in [-0.3, -0.25) is 0 Å². The van der Waals surface area contributed by atoms with Crippen molar-refractivity contribution in [2.24, 2.45) is 17.1 Å². The maximum atomic E-state index is 6.67. The average molecular weight is 211 g/mol. The minimum Gasteiger partial charge on any atom is -0.325 e. The van der Waals surface area contributed by atoms with Crippen molar-refractivity contribution >= 4 is 0 Å². The van der Waals surface area contributed by atoms with Crippen LogP contribution in [0.5, 0.6) is 0 Å². The van der Waals surface area contributed by atoms with E-state index in [-0.39, 0.29) is 5.54 Å².